The molecule has 0 radical (unpaired) electrons. The van der Waals surface area contributed by atoms with Gasteiger partial charge in [-0.05, 0) is 5.75 Å². The second-order valence-electron chi connectivity index (χ2n) is 2.27. The van der Waals surface area contributed by atoms with Crippen molar-refractivity contribution in [3.05, 3.63) is 6.07 Å². The Morgan fingerprint density at radius 1 is 1.73 bits per heavy atom. The van der Waals surface area contributed by atoms with Gasteiger partial charge in [0, 0.05) is 12.3 Å². The van der Waals surface area contributed by atoms with Crippen LogP contribution >= 0.6 is 11.8 Å². The number of aliphatic imine (C=N–C) groups is 1. The smallest absolute Gasteiger partial charge is 0.151 e. The molecular formula is C7H9N3S. The molecule has 0 spiro atoms. The normalized spacial score (nSPS) is 13.9. The zero-order valence-corrected chi connectivity index (χ0v) is 7.14. The first-order valence-corrected chi connectivity index (χ1v) is 4.62. The molecule has 0 N–H and O–H groups in total. The number of aromatic nitrogens is 2. The van der Waals surface area contributed by atoms with Crippen molar-refractivity contribution in [1.82, 2.24) is 9.78 Å². The lowest BCUT2D eigenvalue weighted by Crippen LogP contribution is -1.94. The molecule has 0 aromatic carbocycles. The van der Waals surface area contributed by atoms with Gasteiger partial charge in [0.25, 0.3) is 0 Å². The van der Waals surface area contributed by atoms with Crippen LogP contribution in [0.3, 0.4) is 0 Å². The molecule has 0 atom stereocenters. The van der Waals surface area contributed by atoms with Gasteiger partial charge in [0.2, 0.25) is 0 Å². The molecule has 1 aliphatic heterocycles. The number of rotatable bonds is 2. The maximum absolute atomic E-state index is 4.34. The maximum atomic E-state index is 4.34. The van der Waals surface area contributed by atoms with E-state index >= 15 is 0 Å². The van der Waals surface area contributed by atoms with E-state index < -0.39 is 0 Å². The van der Waals surface area contributed by atoms with Gasteiger partial charge in [0.1, 0.15) is 5.03 Å². The highest BCUT2D eigenvalue weighted by Crippen LogP contribution is 2.24. The summed E-state index contributed by atoms with van der Waals surface area (Å²) >= 11 is 1.75. The summed E-state index contributed by atoms with van der Waals surface area (Å²) in [4.78, 5) is 4.16. The Labute approximate surface area is 69.5 Å². The zero-order valence-electron chi connectivity index (χ0n) is 6.32. The Balaban J connectivity index is 2.26. The quantitative estimate of drug-likeness (QED) is 0.628. The molecule has 0 unspecified atom stereocenters. The van der Waals surface area contributed by atoms with E-state index in [2.05, 4.69) is 17.0 Å². The summed E-state index contributed by atoms with van der Waals surface area (Å²) in [5.41, 5.74) is 0. The molecule has 3 nitrogen and oxygen atoms in total. The van der Waals surface area contributed by atoms with E-state index in [1.807, 2.05) is 17.0 Å². The van der Waals surface area contributed by atoms with Crippen LogP contribution in [0, 0.1) is 0 Å². The van der Waals surface area contributed by atoms with Crippen LogP contribution in [0.15, 0.2) is 16.1 Å². The Hall–Kier alpha value is -0.770. The van der Waals surface area contributed by atoms with Gasteiger partial charge in [-0.2, -0.15) is 5.10 Å². The van der Waals surface area contributed by atoms with Crippen LogP contribution in [0.5, 0.6) is 0 Å². The predicted molar refractivity (Wildman–Crippen MR) is 46.8 cm³/mol. The summed E-state index contributed by atoms with van der Waals surface area (Å²) < 4.78 is 1.91. The minimum Gasteiger partial charge on any atom is -0.241 e. The molecule has 58 valence electrons. The third kappa shape index (κ3) is 1.18. The summed E-state index contributed by atoms with van der Waals surface area (Å²) in [6, 6.07) is 2.03. The highest BCUT2D eigenvalue weighted by Gasteiger charge is 2.08. The topological polar surface area (TPSA) is 30.2 Å². The number of hydrogen-bond donors (Lipinski definition) is 0. The van der Waals surface area contributed by atoms with E-state index in [4.69, 9.17) is 0 Å². The molecule has 4 heteroatoms. The molecular weight excluding hydrogens is 158 g/mol. The van der Waals surface area contributed by atoms with Crippen LogP contribution in [0.4, 0.5) is 5.82 Å². The molecule has 0 saturated carbocycles. The van der Waals surface area contributed by atoms with Crippen LogP contribution in [-0.4, -0.2) is 21.7 Å². The van der Waals surface area contributed by atoms with Crippen LogP contribution in [0.25, 0.3) is 0 Å². The fourth-order valence-electron chi connectivity index (χ4n) is 1.05. The zero-order chi connectivity index (χ0) is 7.68. The highest BCUT2D eigenvalue weighted by atomic mass is 32.2. The maximum Gasteiger partial charge on any atom is 0.151 e. The Kier molecular flexibility index (Phi) is 1.69. The van der Waals surface area contributed by atoms with Gasteiger partial charge in [0.05, 0.1) is 6.54 Å². The molecule has 2 rings (SSSR count). The van der Waals surface area contributed by atoms with Gasteiger partial charge < -0.3 is 0 Å². The van der Waals surface area contributed by atoms with Crippen LogP contribution < -0.4 is 0 Å². The SMILES string of the molecule is CCSc1cc2n(n1)CC=N2. The highest BCUT2D eigenvalue weighted by molar-refractivity contribution is 7.99. The predicted octanol–water partition coefficient (Wildman–Crippen LogP) is 1.71. The molecule has 0 bridgehead atoms. The Bertz CT molecular complexity index is 290. The van der Waals surface area contributed by atoms with Crippen molar-refractivity contribution in [2.75, 3.05) is 5.75 Å². The van der Waals surface area contributed by atoms with Gasteiger partial charge in [-0.3, -0.25) is 0 Å². The van der Waals surface area contributed by atoms with Crippen molar-refractivity contribution in [2.45, 2.75) is 18.5 Å². The van der Waals surface area contributed by atoms with Gasteiger partial charge in [-0.15, -0.1) is 11.8 Å². The Morgan fingerprint density at radius 3 is 3.36 bits per heavy atom. The average Bonchev–Trinajstić information content (AvgIpc) is 2.46. The molecule has 1 aliphatic rings. The molecule has 0 saturated heterocycles. The average molecular weight is 167 g/mol. The van der Waals surface area contributed by atoms with E-state index in [1.165, 1.54) is 0 Å². The largest absolute Gasteiger partial charge is 0.241 e. The summed E-state index contributed by atoms with van der Waals surface area (Å²) in [6.45, 7) is 2.96. The standard InChI is InChI=1S/C7H9N3S/c1-2-11-7-5-6-8-3-4-10(6)9-7/h3,5H,2,4H2,1H3. The van der Waals surface area contributed by atoms with Gasteiger partial charge in [-0.1, -0.05) is 6.92 Å². The van der Waals surface area contributed by atoms with Crippen molar-refractivity contribution in [2.24, 2.45) is 4.99 Å². The molecule has 2 heterocycles. The van der Waals surface area contributed by atoms with E-state index in [0.717, 1.165) is 23.1 Å². The van der Waals surface area contributed by atoms with Crippen molar-refractivity contribution in [3.63, 3.8) is 0 Å². The van der Waals surface area contributed by atoms with Gasteiger partial charge in [-0.25, -0.2) is 9.67 Å². The summed E-state index contributed by atoms with van der Waals surface area (Å²) in [6.07, 6.45) is 1.88. The summed E-state index contributed by atoms with van der Waals surface area (Å²) in [5.74, 6) is 2.06. The fraction of sp³-hybridized carbons (Fsp3) is 0.429. The molecule has 0 fully saturated rings. The Morgan fingerprint density at radius 2 is 2.64 bits per heavy atom. The molecule has 0 aliphatic carbocycles. The van der Waals surface area contributed by atoms with Crippen LogP contribution in [-0.2, 0) is 6.54 Å². The van der Waals surface area contributed by atoms with Crippen LogP contribution in [0.1, 0.15) is 6.92 Å². The van der Waals surface area contributed by atoms with Crippen LogP contribution in [0.2, 0.25) is 0 Å². The molecule has 0 amide bonds. The van der Waals surface area contributed by atoms with Gasteiger partial charge in [0.15, 0.2) is 5.82 Å². The first kappa shape index (κ1) is 6.91. The lowest BCUT2D eigenvalue weighted by atomic mass is 10.7. The lowest BCUT2D eigenvalue weighted by Gasteiger charge is -1.89. The number of thioether (sulfide) groups is 1. The monoisotopic (exact) mass is 167 g/mol. The molecule has 1 aromatic heterocycles. The third-order valence-electron chi connectivity index (χ3n) is 1.51. The van der Waals surface area contributed by atoms with Crippen molar-refractivity contribution in [1.29, 1.82) is 0 Å². The first-order chi connectivity index (χ1) is 5.40. The molecule has 11 heavy (non-hydrogen) atoms. The lowest BCUT2D eigenvalue weighted by molar-refractivity contribution is 0.728. The number of nitrogens with zero attached hydrogens (tertiary/aromatic N) is 3. The van der Waals surface area contributed by atoms with E-state index in [0.29, 0.717) is 0 Å². The summed E-state index contributed by atoms with van der Waals surface area (Å²) in [5, 5.41) is 5.42. The minimum atomic E-state index is 0.833. The minimum absolute atomic E-state index is 0.833. The fourth-order valence-corrected chi connectivity index (χ4v) is 1.69. The van der Waals surface area contributed by atoms with Crippen molar-refractivity contribution in [3.8, 4) is 0 Å². The van der Waals surface area contributed by atoms with E-state index in [-0.39, 0.29) is 0 Å². The molecule has 1 aromatic rings. The second-order valence-corrected chi connectivity index (χ2v) is 3.55. The van der Waals surface area contributed by atoms with E-state index in [1.54, 1.807) is 11.8 Å². The number of fused-ring (bicyclic) bond motifs is 1. The summed E-state index contributed by atoms with van der Waals surface area (Å²) in [7, 11) is 0. The number of hydrogen-bond acceptors (Lipinski definition) is 3. The van der Waals surface area contributed by atoms with Crippen molar-refractivity contribution < 1.29 is 0 Å². The third-order valence-corrected chi connectivity index (χ3v) is 2.29. The van der Waals surface area contributed by atoms with E-state index in [9.17, 15) is 0 Å². The second kappa shape index (κ2) is 2.70. The van der Waals surface area contributed by atoms with Crippen molar-refractivity contribution >= 4 is 23.8 Å². The first-order valence-electron chi connectivity index (χ1n) is 3.63. The van der Waals surface area contributed by atoms with Gasteiger partial charge >= 0.3 is 0 Å².